The van der Waals surface area contributed by atoms with Crippen LogP contribution in [0, 0.1) is 6.92 Å². The van der Waals surface area contributed by atoms with E-state index in [2.05, 4.69) is 4.98 Å². The Morgan fingerprint density at radius 2 is 1.88 bits per heavy atom. The number of para-hydroxylation sites is 1. The van der Waals surface area contributed by atoms with E-state index in [1.54, 1.807) is 44.2 Å². The lowest BCUT2D eigenvalue weighted by atomic mass is 10.3. The van der Waals surface area contributed by atoms with Crippen LogP contribution in [0.4, 0.5) is 5.69 Å². The number of rotatable bonds is 7. The van der Waals surface area contributed by atoms with E-state index >= 15 is 0 Å². The Morgan fingerprint density at radius 1 is 1.16 bits per heavy atom. The average molecular weight is 362 g/mol. The molecule has 0 radical (unpaired) electrons. The van der Waals surface area contributed by atoms with E-state index < -0.39 is 24.5 Å². The van der Waals surface area contributed by atoms with E-state index in [4.69, 9.17) is 9.47 Å². The lowest BCUT2D eigenvalue weighted by Crippen LogP contribution is -2.39. The third-order valence-corrected chi connectivity index (χ3v) is 4.00. The van der Waals surface area contributed by atoms with Crippen LogP contribution >= 0.6 is 11.3 Å². The standard InChI is InChI=1S/C17H18N2O5S/c1-3-23-16(21)10-19(13-7-5-4-6-8-13)15(20)11-24-17(22)14-9-18-12(2)25-14/h4-9H,3,10-11H2,1-2H3. The Hall–Kier alpha value is -2.74. The predicted molar refractivity (Wildman–Crippen MR) is 92.6 cm³/mol. The number of carbonyl (C=O) groups is 3. The van der Waals surface area contributed by atoms with E-state index in [1.807, 2.05) is 0 Å². The summed E-state index contributed by atoms with van der Waals surface area (Å²) in [6.07, 6.45) is 1.40. The van der Waals surface area contributed by atoms with Crippen molar-refractivity contribution in [3.63, 3.8) is 0 Å². The summed E-state index contributed by atoms with van der Waals surface area (Å²) in [5, 5.41) is 0.728. The SMILES string of the molecule is CCOC(=O)CN(C(=O)COC(=O)c1cnc(C)s1)c1ccccc1. The highest BCUT2D eigenvalue weighted by Gasteiger charge is 2.22. The summed E-state index contributed by atoms with van der Waals surface area (Å²) in [7, 11) is 0. The molecule has 7 nitrogen and oxygen atoms in total. The van der Waals surface area contributed by atoms with Gasteiger partial charge in [-0.2, -0.15) is 0 Å². The highest BCUT2D eigenvalue weighted by molar-refractivity contribution is 7.13. The molecule has 25 heavy (non-hydrogen) atoms. The summed E-state index contributed by atoms with van der Waals surface area (Å²) in [6, 6.07) is 8.65. The maximum absolute atomic E-state index is 12.5. The van der Waals surface area contributed by atoms with Crippen LogP contribution in [0.15, 0.2) is 36.5 Å². The van der Waals surface area contributed by atoms with Crippen molar-refractivity contribution in [2.24, 2.45) is 0 Å². The van der Waals surface area contributed by atoms with Crippen molar-refractivity contribution in [1.29, 1.82) is 0 Å². The van der Waals surface area contributed by atoms with Gasteiger partial charge in [0.05, 0.1) is 17.8 Å². The molecule has 8 heteroatoms. The number of hydrogen-bond acceptors (Lipinski definition) is 7. The van der Waals surface area contributed by atoms with Crippen LogP contribution in [0.25, 0.3) is 0 Å². The van der Waals surface area contributed by atoms with Gasteiger partial charge in [-0.3, -0.25) is 14.5 Å². The number of nitrogens with zero attached hydrogens (tertiary/aromatic N) is 2. The summed E-state index contributed by atoms with van der Waals surface area (Å²) in [5.74, 6) is -1.68. The molecule has 0 fully saturated rings. The second kappa shape index (κ2) is 8.93. The molecule has 0 saturated heterocycles. The first-order valence-electron chi connectivity index (χ1n) is 7.62. The largest absolute Gasteiger partial charge is 0.465 e. The van der Waals surface area contributed by atoms with E-state index in [1.165, 1.54) is 22.4 Å². The molecular weight excluding hydrogens is 344 g/mol. The molecule has 1 amide bonds. The van der Waals surface area contributed by atoms with E-state index in [0.717, 1.165) is 5.01 Å². The molecule has 1 heterocycles. The molecule has 0 aliphatic rings. The van der Waals surface area contributed by atoms with Crippen molar-refractivity contribution in [1.82, 2.24) is 4.98 Å². The zero-order valence-electron chi connectivity index (χ0n) is 13.9. The minimum absolute atomic E-state index is 0.218. The fourth-order valence-corrected chi connectivity index (χ4v) is 2.67. The van der Waals surface area contributed by atoms with Crippen molar-refractivity contribution in [2.75, 3.05) is 24.7 Å². The van der Waals surface area contributed by atoms with Crippen molar-refractivity contribution < 1.29 is 23.9 Å². The van der Waals surface area contributed by atoms with Crippen LogP contribution in [0.3, 0.4) is 0 Å². The van der Waals surface area contributed by atoms with Gasteiger partial charge in [0.1, 0.15) is 11.4 Å². The molecule has 0 unspecified atom stereocenters. The van der Waals surface area contributed by atoms with Crippen molar-refractivity contribution in [3.8, 4) is 0 Å². The fraction of sp³-hybridized carbons (Fsp3) is 0.294. The maximum atomic E-state index is 12.5. The predicted octanol–water partition coefficient (Wildman–Crippen LogP) is 2.20. The molecule has 0 bridgehead atoms. The Balaban J connectivity index is 2.04. The number of hydrogen-bond donors (Lipinski definition) is 0. The molecular formula is C17H18N2O5S. The number of carbonyl (C=O) groups excluding carboxylic acids is 3. The molecule has 0 aliphatic heterocycles. The molecule has 0 saturated carbocycles. The second-order valence-electron chi connectivity index (χ2n) is 4.94. The summed E-state index contributed by atoms with van der Waals surface area (Å²) in [6.45, 7) is 2.93. The van der Waals surface area contributed by atoms with Gasteiger partial charge in [0, 0.05) is 5.69 Å². The molecule has 0 spiro atoms. The summed E-state index contributed by atoms with van der Waals surface area (Å²) >= 11 is 1.18. The number of anilines is 1. The molecule has 1 aromatic heterocycles. The zero-order valence-corrected chi connectivity index (χ0v) is 14.7. The van der Waals surface area contributed by atoms with Gasteiger partial charge < -0.3 is 9.47 Å². The summed E-state index contributed by atoms with van der Waals surface area (Å²) in [5.41, 5.74) is 0.519. The minimum Gasteiger partial charge on any atom is -0.465 e. The van der Waals surface area contributed by atoms with Crippen LogP contribution in [0.5, 0.6) is 0 Å². The number of benzene rings is 1. The topological polar surface area (TPSA) is 85.8 Å². The first kappa shape index (κ1) is 18.6. The number of aryl methyl sites for hydroxylation is 1. The lowest BCUT2D eigenvalue weighted by molar-refractivity contribution is -0.142. The van der Waals surface area contributed by atoms with Crippen molar-refractivity contribution in [2.45, 2.75) is 13.8 Å². The number of ether oxygens (including phenoxy) is 2. The minimum atomic E-state index is -0.622. The summed E-state index contributed by atoms with van der Waals surface area (Å²) < 4.78 is 9.93. The van der Waals surface area contributed by atoms with E-state index in [9.17, 15) is 14.4 Å². The molecule has 0 aliphatic carbocycles. The molecule has 2 aromatic rings. The number of esters is 2. The Labute approximate surface area is 149 Å². The molecule has 132 valence electrons. The smallest absolute Gasteiger partial charge is 0.350 e. The van der Waals surface area contributed by atoms with Gasteiger partial charge in [0.2, 0.25) is 0 Å². The van der Waals surface area contributed by atoms with Crippen LogP contribution in [-0.2, 0) is 19.1 Å². The Bertz CT molecular complexity index is 745. The van der Waals surface area contributed by atoms with E-state index in [-0.39, 0.29) is 13.2 Å². The molecule has 0 N–H and O–H groups in total. The molecule has 2 rings (SSSR count). The van der Waals surface area contributed by atoms with Gasteiger partial charge in [-0.15, -0.1) is 11.3 Å². The van der Waals surface area contributed by atoms with E-state index in [0.29, 0.717) is 10.6 Å². The highest BCUT2D eigenvalue weighted by atomic mass is 32.1. The average Bonchev–Trinajstić information content (AvgIpc) is 3.05. The number of amides is 1. The quantitative estimate of drug-likeness (QED) is 0.702. The number of aromatic nitrogens is 1. The van der Waals surface area contributed by atoms with Gasteiger partial charge in [0.25, 0.3) is 5.91 Å². The monoisotopic (exact) mass is 362 g/mol. The Morgan fingerprint density at radius 3 is 2.48 bits per heavy atom. The van der Waals surface area contributed by atoms with Crippen molar-refractivity contribution >= 4 is 34.9 Å². The molecule has 1 aromatic carbocycles. The van der Waals surface area contributed by atoms with Gasteiger partial charge in [0.15, 0.2) is 6.61 Å². The molecule has 0 atom stereocenters. The second-order valence-corrected chi connectivity index (χ2v) is 6.17. The fourth-order valence-electron chi connectivity index (χ4n) is 2.00. The normalized spacial score (nSPS) is 10.2. The first-order valence-corrected chi connectivity index (χ1v) is 8.43. The maximum Gasteiger partial charge on any atom is 0.350 e. The number of thiazole rings is 1. The van der Waals surface area contributed by atoms with Crippen LogP contribution in [0.2, 0.25) is 0 Å². The zero-order chi connectivity index (χ0) is 18.2. The lowest BCUT2D eigenvalue weighted by Gasteiger charge is -2.21. The Kier molecular flexibility index (Phi) is 6.64. The van der Waals surface area contributed by atoms with Gasteiger partial charge in [-0.1, -0.05) is 18.2 Å². The van der Waals surface area contributed by atoms with Crippen LogP contribution in [0.1, 0.15) is 21.6 Å². The third-order valence-electron chi connectivity index (χ3n) is 3.11. The van der Waals surface area contributed by atoms with Crippen molar-refractivity contribution in [3.05, 3.63) is 46.4 Å². The van der Waals surface area contributed by atoms with Crippen LogP contribution in [-0.4, -0.2) is 42.6 Å². The summed E-state index contributed by atoms with van der Waals surface area (Å²) in [4.78, 5) is 41.7. The van der Waals surface area contributed by atoms with Gasteiger partial charge in [-0.05, 0) is 26.0 Å². The third kappa shape index (κ3) is 5.39. The van der Waals surface area contributed by atoms with Gasteiger partial charge in [-0.25, -0.2) is 9.78 Å². The first-order chi connectivity index (χ1) is 12.0. The van der Waals surface area contributed by atoms with Gasteiger partial charge >= 0.3 is 11.9 Å². The van der Waals surface area contributed by atoms with Crippen LogP contribution < -0.4 is 4.90 Å². The highest BCUT2D eigenvalue weighted by Crippen LogP contribution is 2.15.